The number of nitrogens with one attached hydrogen (secondary N) is 3. The molecule has 53 heavy (non-hydrogen) atoms. The van der Waals surface area contributed by atoms with E-state index in [2.05, 4.69) is 177 Å². The molecule has 6 aromatic carbocycles. The summed E-state index contributed by atoms with van der Waals surface area (Å²) in [7, 11) is 0. The van der Waals surface area contributed by atoms with Gasteiger partial charge in [-0.15, -0.1) is 0 Å². The van der Waals surface area contributed by atoms with Gasteiger partial charge in [-0.25, -0.2) is 4.98 Å². The van der Waals surface area contributed by atoms with E-state index in [-0.39, 0.29) is 18.2 Å². The number of dihydropyridines is 1. The van der Waals surface area contributed by atoms with Crippen LogP contribution >= 0.6 is 0 Å². The van der Waals surface area contributed by atoms with Crippen molar-refractivity contribution in [1.82, 2.24) is 30.4 Å². The van der Waals surface area contributed by atoms with Gasteiger partial charge in [0.15, 0.2) is 0 Å². The summed E-state index contributed by atoms with van der Waals surface area (Å²) in [6.07, 6.45) is 10.7. The first-order valence-electron chi connectivity index (χ1n) is 18.6. The lowest BCUT2D eigenvalue weighted by atomic mass is 9.95. The second-order valence-corrected chi connectivity index (χ2v) is 14.5. The molecule has 6 heteroatoms. The maximum absolute atomic E-state index is 5.42. The van der Waals surface area contributed by atoms with Gasteiger partial charge in [0.05, 0.1) is 17.1 Å². The van der Waals surface area contributed by atoms with E-state index >= 15 is 0 Å². The molecule has 1 aromatic heterocycles. The fraction of sp³-hybridized carbons (Fsp3) is 0.128. The minimum atomic E-state index is -0.0221. The first-order chi connectivity index (χ1) is 26.3. The molecule has 4 aliphatic rings. The smallest absolute Gasteiger partial charge is 0.141 e. The molecule has 5 atom stereocenters. The molecule has 4 aliphatic heterocycles. The topological polar surface area (TPSA) is 56.9 Å². The summed E-state index contributed by atoms with van der Waals surface area (Å²) in [6, 6.07) is 48.7. The van der Waals surface area contributed by atoms with Crippen LogP contribution in [0.3, 0.4) is 0 Å². The summed E-state index contributed by atoms with van der Waals surface area (Å²) in [5.41, 5.74) is 13.5. The van der Waals surface area contributed by atoms with E-state index in [4.69, 9.17) is 4.98 Å². The molecule has 0 radical (unpaired) electrons. The minimum Gasteiger partial charge on any atom is -0.378 e. The Kier molecular flexibility index (Phi) is 7.00. The Labute approximate surface area is 308 Å². The van der Waals surface area contributed by atoms with Crippen molar-refractivity contribution in [3.8, 4) is 16.8 Å². The van der Waals surface area contributed by atoms with Crippen LogP contribution in [0.5, 0.6) is 0 Å². The molecular weight excluding hydrogens is 649 g/mol. The normalized spacial score (nSPS) is 22.6. The number of aromatic nitrogens is 2. The average Bonchev–Trinajstić information content (AvgIpc) is 3.71. The van der Waals surface area contributed by atoms with Crippen molar-refractivity contribution in [3.63, 3.8) is 0 Å². The van der Waals surface area contributed by atoms with Crippen molar-refractivity contribution in [1.29, 1.82) is 0 Å². The molecule has 256 valence electrons. The molecule has 3 N–H and O–H groups in total. The Hall–Kier alpha value is -6.21. The number of benzene rings is 6. The standard InChI is InChI=1S/C47H38N6/c1-3-11-32(12-4-1)40-27-41(50-46(49-40)34-13-5-2-6-14-34)33-20-18-30(19-21-33)31-22-24-35(25-23-31)53-45-38-28-52-29-42(52)43(38)36-15-7-8-16-37(36)44(45)51-47(53)39-17-9-10-26-48-39/h1-27,39-40,42,46,48-50H,28-29H2. The Morgan fingerprint density at radius 2 is 1.32 bits per heavy atom. The Bertz CT molecular complexity index is 2600. The number of hydrogen-bond acceptors (Lipinski definition) is 5. The molecule has 5 heterocycles. The molecule has 1 saturated heterocycles. The van der Waals surface area contributed by atoms with E-state index in [0.717, 1.165) is 35.8 Å². The van der Waals surface area contributed by atoms with Gasteiger partial charge in [0.2, 0.25) is 0 Å². The Morgan fingerprint density at radius 3 is 2.06 bits per heavy atom. The van der Waals surface area contributed by atoms with Crippen molar-refractivity contribution in [2.75, 3.05) is 6.54 Å². The third-order valence-corrected chi connectivity index (χ3v) is 11.4. The summed E-state index contributed by atoms with van der Waals surface area (Å²) in [6.45, 7) is 2.13. The van der Waals surface area contributed by atoms with Crippen molar-refractivity contribution in [3.05, 3.63) is 198 Å². The van der Waals surface area contributed by atoms with E-state index in [0.29, 0.717) is 6.04 Å². The summed E-state index contributed by atoms with van der Waals surface area (Å²) >= 11 is 0. The van der Waals surface area contributed by atoms with Crippen LogP contribution in [0.4, 0.5) is 0 Å². The second kappa shape index (κ2) is 12.2. The molecular formula is C47H38N6. The largest absolute Gasteiger partial charge is 0.378 e. The van der Waals surface area contributed by atoms with Gasteiger partial charge >= 0.3 is 0 Å². The molecule has 0 amide bonds. The van der Waals surface area contributed by atoms with Crippen LogP contribution in [0.25, 0.3) is 44.3 Å². The average molecular weight is 687 g/mol. The van der Waals surface area contributed by atoms with Crippen LogP contribution in [-0.2, 0) is 6.54 Å². The van der Waals surface area contributed by atoms with Gasteiger partial charge in [-0.2, -0.15) is 0 Å². The second-order valence-electron chi connectivity index (χ2n) is 14.5. The van der Waals surface area contributed by atoms with E-state index in [9.17, 15) is 0 Å². The lowest BCUT2D eigenvalue weighted by Crippen LogP contribution is -2.39. The van der Waals surface area contributed by atoms with Gasteiger partial charge in [0.1, 0.15) is 18.0 Å². The fourth-order valence-corrected chi connectivity index (χ4v) is 8.70. The van der Waals surface area contributed by atoms with Crippen LogP contribution in [-0.4, -0.2) is 21.0 Å². The van der Waals surface area contributed by atoms with Crippen molar-refractivity contribution < 1.29 is 0 Å². The van der Waals surface area contributed by atoms with E-state index < -0.39 is 0 Å². The van der Waals surface area contributed by atoms with Gasteiger partial charge in [0.25, 0.3) is 0 Å². The van der Waals surface area contributed by atoms with Crippen molar-refractivity contribution in [2.45, 2.75) is 30.8 Å². The van der Waals surface area contributed by atoms with Crippen LogP contribution in [0.2, 0.25) is 0 Å². The van der Waals surface area contributed by atoms with Gasteiger partial charge < -0.3 is 10.6 Å². The fourth-order valence-electron chi connectivity index (χ4n) is 8.70. The predicted molar refractivity (Wildman–Crippen MR) is 214 cm³/mol. The first-order valence-corrected chi connectivity index (χ1v) is 18.6. The van der Waals surface area contributed by atoms with Crippen molar-refractivity contribution >= 4 is 27.5 Å². The lowest BCUT2D eigenvalue weighted by Gasteiger charge is -2.33. The lowest BCUT2D eigenvalue weighted by molar-refractivity contribution is 0.442. The van der Waals surface area contributed by atoms with Crippen molar-refractivity contribution in [2.24, 2.45) is 0 Å². The van der Waals surface area contributed by atoms with Gasteiger partial charge in [-0.05, 0) is 74.8 Å². The molecule has 0 aliphatic carbocycles. The number of allylic oxidation sites excluding steroid dienone is 2. The summed E-state index contributed by atoms with van der Waals surface area (Å²) in [5, 5.41) is 13.7. The number of nitrogens with zero attached hydrogens (tertiary/aromatic N) is 3. The predicted octanol–water partition coefficient (Wildman–Crippen LogP) is 9.40. The maximum Gasteiger partial charge on any atom is 0.141 e. The van der Waals surface area contributed by atoms with E-state index in [1.807, 2.05) is 12.3 Å². The van der Waals surface area contributed by atoms with E-state index in [1.165, 1.54) is 55.2 Å². The van der Waals surface area contributed by atoms with Crippen LogP contribution in [0, 0.1) is 0 Å². The highest BCUT2D eigenvalue weighted by Gasteiger charge is 2.45. The quantitative estimate of drug-likeness (QED) is 0.152. The Morgan fingerprint density at radius 1 is 0.642 bits per heavy atom. The zero-order valence-corrected chi connectivity index (χ0v) is 29.2. The molecule has 0 bridgehead atoms. The number of rotatable bonds is 6. The summed E-state index contributed by atoms with van der Waals surface area (Å²) in [4.78, 5) is 7.99. The Balaban J connectivity index is 0.957. The van der Waals surface area contributed by atoms with Gasteiger partial charge in [0, 0.05) is 35.9 Å². The molecule has 7 aromatic rings. The van der Waals surface area contributed by atoms with Gasteiger partial charge in [-0.1, -0.05) is 133 Å². The highest BCUT2D eigenvalue weighted by molar-refractivity contribution is 6.09. The highest BCUT2D eigenvalue weighted by atomic mass is 15.3. The first kappa shape index (κ1) is 30.4. The SMILES string of the molecule is C1=CNC(c2nc3c4ccccc4c4c(c3n2-c2ccc(-c3ccc(C5=CC(c6ccccc6)NC(c6ccccc6)N5)cc3)cc2)CN2CC42)C=C1. The molecule has 0 spiro atoms. The molecule has 0 saturated carbocycles. The molecule has 6 nitrogen and oxygen atoms in total. The maximum atomic E-state index is 5.42. The monoisotopic (exact) mass is 686 g/mol. The third-order valence-electron chi connectivity index (χ3n) is 11.4. The van der Waals surface area contributed by atoms with Gasteiger partial charge in [-0.3, -0.25) is 14.8 Å². The van der Waals surface area contributed by atoms with Crippen LogP contribution in [0.1, 0.15) is 57.9 Å². The van der Waals surface area contributed by atoms with E-state index in [1.54, 1.807) is 0 Å². The minimum absolute atomic E-state index is 0.00436. The zero-order chi connectivity index (χ0) is 34.9. The number of imidazole rings is 1. The molecule has 5 unspecified atom stereocenters. The molecule has 1 fully saturated rings. The number of hydrogen-bond donors (Lipinski definition) is 3. The number of fused-ring (bicyclic) bond motifs is 8. The zero-order valence-electron chi connectivity index (χ0n) is 29.2. The van der Waals surface area contributed by atoms with Crippen LogP contribution in [0.15, 0.2) is 164 Å². The highest BCUT2D eigenvalue weighted by Crippen LogP contribution is 2.51. The third kappa shape index (κ3) is 5.13. The van der Waals surface area contributed by atoms with Crippen LogP contribution < -0.4 is 16.0 Å². The molecule has 11 rings (SSSR count). The summed E-state index contributed by atoms with van der Waals surface area (Å²) in [5.74, 6) is 1.01. The summed E-state index contributed by atoms with van der Waals surface area (Å²) < 4.78 is 2.42.